The van der Waals surface area contributed by atoms with Gasteiger partial charge in [0.2, 0.25) is 11.9 Å². The number of nitrogen functional groups attached to an aromatic ring is 1. The quantitative estimate of drug-likeness (QED) is 0.934. The Morgan fingerprint density at radius 1 is 1.14 bits per heavy atom. The Hall–Kier alpha value is -2.17. The summed E-state index contributed by atoms with van der Waals surface area (Å²) in [6.45, 7) is 4.18. The summed E-state index contributed by atoms with van der Waals surface area (Å²) in [7, 11) is 0. The van der Waals surface area contributed by atoms with Gasteiger partial charge in [-0.05, 0) is 30.9 Å². The number of hydrogen-bond acceptors (Lipinski definition) is 5. The maximum atomic E-state index is 5.87. The van der Waals surface area contributed by atoms with Crippen LogP contribution in [0.3, 0.4) is 0 Å². The molecule has 0 spiro atoms. The molecule has 0 aliphatic carbocycles. The van der Waals surface area contributed by atoms with Gasteiger partial charge < -0.3 is 10.6 Å². The number of nitrogens with two attached hydrogens (primary N) is 1. The Morgan fingerprint density at radius 3 is 2.71 bits per heavy atom. The van der Waals surface area contributed by atoms with Crippen LogP contribution < -0.4 is 10.6 Å². The van der Waals surface area contributed by atoms with E-state index in [1.807, 2.05) is 6.07 Å². The van der Waals surface area contributed by atoms with Crippen LogP contribution in [0, 0.1) is 0 Å². The van der Waals surface area contributed by atoms with E-state index in [0.29, 0.717) is 17.7 Å². The Morgan fingerprint density at radius 2 is 1.95 bits per heavy atom. The van der Waals surface area contributed by atoms with E-state index >= 15 is 0 Å². The second kappa shape index (κ2) is 6.08. The highest BCUT2D eigenvalue weighted by Gasteiger charge is 2.17. The van der Waals surface area contributed by atoms with Gasteiger partial charge in [0.15, 0.2) is 5.82 Å². The van der Waals surface area contributed by atoms with Gasteiger partial charge in [-0.1, -0.05) is 31.5 Å². The van der Waals surface area contributed by atoms with Crippen LogP contribution in [-0.2, 0) is 6.42 Å². The summed E-state index contributed by atoms with van der Waals surface area (Å²) in [5.74, 6) is 1.67. The summed E-state index contributed by atoms with van der Waals surface area (Å²) in [4.78, 5) is 15.4. The Balaban J connectivity index is 1.95. The first kappa shape index (κ1) is 13.8. The molecule has 1 saturated heterocycles. The molecule has 0 saturated carbocycles. The maximum absolute atomic E-state index is 5.87. The molecular formula is C16H21N5. The van der Waals surface area contributed by atoms with E-state index in [1.165, 1.54) is 18.4 Å². The first-order chi connectivity index (χ1) is 10.3. The molecule has 0 bridgehead atoms. The number of aryl methyl sites for hydroxylation is 1. The molecule has 1 aromatic carbocycles. The monoisotopic (exact) mass is 283 g/mol. The topological polar surface area (TPSA) is 67.9 Å². The lowest BCUT2D eigenvalue weighted by atomic mass is 10.1. The third kappa shape index (κ3) is 3.12. The smallest absolute Gasteiger partial charge is 0.230 e. The molecule has 0 unspecified atom stereocenters. The summed E-state index contributed by atoms with van der Waals surface area (Å²) < 4.78 is 0. The van der Waals surface area contributed by atoms with Crippen LogP contribution in [0.1, 0.15) is 31.7 Å². The van der Waals surface area contributed by atoms with Gasteiger partial charge in [-0.2, -0.15) is 15.0 Å². The van der Waals surface area contributed by atoms with Crippen LogP contribution in [-0.4, -0.2) is 28.0 Å². The highest BCUT2D eigenvalue weighted by atomic mass is 15.3. The summed E-state index contributed by atoms with van der Waals surface area (Å²) in [6, 6.07) is 8.36. The van der Waals surface area contributed by atoms with E-state index in [2.05, 4.69) is 45.0 Å². The van der Waals surface area contributed by atoms with Gasteiger partial charge in [-0.25, -0.2) is 0 Å². The standard InChI is InChI=1S/C16H21N5/c1-2-6-12-7-5-8-13(11-12)14-18-15(17)20-16(19-14)21-9-3-4-10-21/h5,7-8,11H,2-4,6,9-10H2,1H3,(H2,17,18,19,20). The Bertz CT molecular complexity index is 620. The van der Waals surface area contributed by atoms with Crippen LogP contribution in [0.25, 0.3) is 11.4 Å². The highest BCUT2D eigenvalue weighted by molar-refractivity contribution is 5.59. The number of nitrogens with zero attached hydrogens (tertiary/aromatic N) is 4. The molecule has 21 heavy (non-hydrogen) atoms. The molecule has 5 heteroatoms. The minimum absolute atomic E-state index is 0.294. The van der Waals surface area contributed by atoms with Gasteiger partial charge in [0, 0.05) is 18.7 Å². The van der Waals surface area contributed by atoms with Crippen LogP contribution in [0.4, 0.5) is 11.9 Å². The van der Waals surface area contributed by atoms with Gasteiger partial charge in [0.25, 0.3) is 0 Å². The number of rotatable bonds is 4. The normalized spacial score (nSPS) is 14.6. The zero-order valence-electron chi connectivity index (χ0n) is 12.4. The fraction of sp³-hybridized carbons (Fsp3) is 0.438. The minimum atomic E-state index is 0.294. The lowest BCUT2D eigenvalue weighted by Gasteiger charge is -2.15. The van der Waals surface area contributed by atoms with Crippen molar-refractivity contribution in [2.75, 3.05) is 23.7 Å². The van der Waals surface area contributed by atoms with E-state index in [-0.39, 0.29) is 0 Å². The maximum Gasteiger partial charge on any atom is 0.230 e. The SMILES string of the molecule is CCCc1cccc(-c2nc(N)nc(N3CCCC3)n2)c1. The second-order valence-corrected chi connectivity index (χ2v) is 5.46. The number of anilines is 2. The average Bonchev–Trinajstić information content (AvgIpc) is 3.01. The van der Waals surface area contributed by atoms with Crippen molar-refractivity contribution in [2.24, 2.45) is 0 Å². The Kier molecular flexibility index (Phi) is 3.99. The van der Waals surface area contributed by atoms with Crippen LogP contribution >= 0.6 is 0 Å². The molecule has 2 aromatic rings. The fourth-order valence-corrected chi connectivity index (χ4v) is 2.72. The number of benzene rings is 1. The number of aromatic nitrogens is 3. The van der Waals surface area contributed by atoms with Crippen molar-refractivity contribution in [2.45, 2.75) is 32.6 Å². The zero-order valence-corrected chi connectivity index (χ0v) is 12.4. The van der Waals surface area contributed by atoms with E-state index in [9.17, 15) is 0 Å². The lowest BCUT2D eigenvalue weighted by molar-refractivity contribution is 0.886. The van der Waals surface area contributed by atoms with Gasteiger partial charge in [-0.15, -0.1) is 0 Å². The highest BCUT2D eigenvalue weighted by Crippen LogP contribution is 2.22. The largest absolute Gasteiger partial charge is 0.368 e. The molecule has 1 aromatic heterocycles. The summed E-state index contributed by atoms with van der Waals surface area (Å²) in [5.41, 5.74) is 8.18. The lowest BCUT2D eigenvalue weighted by Crippen LogP contribution is -2.21. The van der Waals surface area contributed by atoms with Crippen molar-refractivity contribution in [1.29, 1.82) is 0 Å². The predicted molar refractivity (Wildman–Crippen MR) is 85.1 cm³/mol. The van der Waals surface area contributed by atoms with Gasteiger partial charge in [-0.3, -0.25) is 0 Å². The summed E-state index contributed by atoms with van der Waals surface area (Å²) in [5, 5.41) is 0. The molecule has 0 atom stereocenters. The van der Waals surface area contributed by atoms with E-state index in [4.69, 9.17) is 5.73 Å². The number of hydrogen-bond donors (Lipinski definition) is 1. The molecule has 0 radical (unpaired) electrons. The van der Waals surface area contributed by atoms with Crippen LogP contribution in [0.2, 0.25) is 0 Å². The average molecular weight is 283 g/mol. The molecule has 2 heterocycles. The third-order valence-electron chi connectivity index (χ3n) is 3.75. The first-order valence-electron chi connectivity index (χ1n) is 7.62. The Labute approximate surface area is 125 Å². The van der Waals surface area contributed by atoms with Gasteiger partial charge in [0.05, 0.1) is 0 Å². The van der Waals surface area contributed by atoms with Crippen molar-refractivity contribution < 1.29 is 0 Å². The van der Waals surface area contributed by atoms with Crippen LogP contribution in [0.15, 0.2) is 24.3 Å². The molecule has 1 aliphatic rings. The first-order valence-corrected chi connectivity index (χ1v) is 7.62. The zero-order chi connectivity index (χ0) is 14.7. The summed E-state index contributed by atoms with van der Waals surface area (Å²) >= 11 is 0. The minimum Gasteiger partial charge on any atom is -0.368 e. The molecule has 1 aliphatic heterocycles. The third-order valence-corrected chi connectivity index (χ3v) is 3.75. The molecule has 110 valence electrons. The van der Waals surface area contributed by atoms with E-state index in [0.717, 1.165) is 31.5 Å². The fourth-order valence-electron chi connectivity index (χ4n) is 2.72. The van der Waals surface area contributed by atoms with E-state index < -0.39 is 0 Å². The van der Waals surface area contributed by atoms with Crippen molar-refractivity contribution in [3.63, 3.8) is 0 Å². The molecular weight excluding hydrogens is 262 g/mol. The summed E-state index contributed by atoms with van der Waals surface area (Å²) in [6.07, 6.45) is 4.56. The van der Waals surface area contributed by atoms with Crippen molar-refractivity contribution in [1.82, 2.24) is 15.0 Å². The molecule has 3 rings (SSSR count). The molecule has 0 amide bonds. The molecule has 2 N–H and O–H groups in total. The van der Waals surface area contributed by atoms with Gasteiger partial charge in [0.1, 0.15) is 0 Å². The van der Waals surface area contributed by atoms with Crippen molar-refractivity contribution in [3.8, 4) is 11.4 Å². The molecule has 1 fully saturated rings. The van der Waals surface area contributed by atoms with E-state index in [1.54, 1.807) is 0 Å². The second-order valence-electron chi connectivity index (χ2n) is 5.46. The predicted octanol–water partition coefficient (Wildman–Crippen LogP) is 2.67. The molecule has 5 nitrogen and oxygen atoms in total. The van der Waals surface area contributed by atoms with Crippen molar-refractivity contribution >= 4 is 11.9 Å². The van der Waals surface area contributed by atoms with Crippen LogP contribution in [0.5, 0.6) is 0 Å². The van der Waals surface area contributed by atoms with Crippen molar-refractivity contribution in [3.05, 3.63) is 29.8 Å². The van der Waals surface area contributed by atoms with Gasteiger partial charge >= 0.3 is 0 Å².